The van der Waals surface area contributed by atoms with Crippen molar-refractivity contribution in [2.45, 2.75) is 32.9 Å². The predicted molar refractivity (Wildman–Crippen MR) is 78.6 cm³/mol. The maximum Gasteiger partial charge on any atom is 0.304 e. The molecule has 0 bridgehead atoms. The van der Waals surface area contributed by atoms with Gasteiger partial charge in [-0.1, -0.05) is 15.9 Å². The first-order valence-corrected chi connectivity index (χ1v) is 6.99. The average Bonchev–Trinajstić information content (AvgIpc) is 2.35. The van der Waals surface area contributed by atoms with Crippen LogP contribution in [0.1, 0.15) is 25.8 Å². The number of benzene rings is 1. The summed E-state index contributed by atoms with van der Waals surface area (Å²) in [5.74, 6) is -0.835. The third-order valence-corrected chi connectivity index (χ3v) is 3.70. The highest BCUT2D eigenvalue weighted by Crippen LogP contribution is 2.24. The van der Waals surface area contributed by atoms with Gasteiger partial charge in [-0.3, -0.25) is 19.8 Å². The molecular formula is C13H17BrN2O4. The molecule has 1 rings (SSSR count). The molecule has 7 heteroatoms. The molecule has 0 heterocycles. The van der Waals surface area contributed by atoms with Crippen LogP contribution in [-0.4, -0.2) is 33.5 Å². The minimum Gasteiger partial charge on any atom is -0.481 e. The summed E-state index contributed by atoms with van der Waals surface area (Å²) in [6.07, 6.45) is 0.0722. The first kappa shape index (κ1) is 16.6. The number of carboxylic acids is 1. The Morgan fingerprint density at radius 1 is 1.50 bits per heavy atom. The molecule has 0 aliphatic rings. The summed E-state index contributed by atoms with van der Waals surface area (Å²) >= 11 is 3.33. The molecule has 6 nitrogen and oxygen atoms in total. The maximum absolute atomic E-state index is 10.7. The number of carbonyl (C=O) groups is 1. The lowest BCUT2D eigenvalue weighted by Crippen LogP contribution is -2.32. The predicted octanol–water partition coefficient (Wildman–Crippen LogP) is 3.04. The highest BCUT2D eigenvalue weighted by Gasteiger charge is 2.15. The van der Waals surface area contributed by atoms with Crippen molar-refractivity contribution in [3.8, 4) is 0 Å². The molecule has 0 unspecified atom stereocenters. The van der Waals surface area contributed by atoms with E-state index in [9.17, 15) is 14.9 Å². The molecule has 110 valence electrons. The van der Waals surface area contributed by atoms with E-state index in [2.05, 4.69) is 15.9 Å². The largest absolute Gasteiger partial charge is 0.481 e. The molecular weight excluding hydrogens is 328 g/mol. The Labute approximate surface area is 125 Å². The monoisotopic (exact) mass is 344 g/mol. The summed E-state index contributed by atoms with van der Waals surface area (Å²) in [6, 6.07) is 4.80. The van der Waals surface area contributed by atoms with Crippen LogP contribution in [-0.2, 0) is 11.3 Å². The quantitative estimate of drug-likeness (QED) is 0.607. The molecule has 1 aromatic rings. The molecule has 0 aliphatic heterocycles. The fraction of sp³-hybridized carbons (Fsp3) is 0.462. The first-order valence-electron chi connectivity index (χ1n) is 6.20. The van der Waals surface area contributed by atoms with Gasteiger partial charge in [0.15, 0.2) is 0 Å². The van der Waals surface area contributed by atoms with Gasteiger partial charge < -0.3 is 5.11 Å². The zero-order valence-corrected chi connectivity index (χ0v) is 13.0. The van der Waals surface area contributed by atoms with Crippen molar-refractivity contribution < 1.29 is 14.8 Å². The van der Waals surface area contributed by atoms with E-state index >= 15 is 0 Å². The van der Waals surface area contributed by atoms with Crippen molar-refractivity contribution in [1.82, 2.24) is 4.90 Å². The lowest BCUT2D eigenvalue weighted by molar-refractivity contribution is -0.384. The van der Waals surface area contributed by atoms with E-state index in [1.165, 1.54) is 12.1 Å². The molecule has 0 atom stereocenters. The molecule has 1 aromatic carbocycles. The summed E-state index contributed by atoms with van der Waals surface area (Å²) in [5, 5.41) is 19.4. The Kier molecular flexibility index (Phi) is 6.09. The van der Waals surface area contributed by atoms with E-state index in [4.69, 9.17) is 5.11 Å². The van der Waals surface area contributed by atoms with E-state index < -0.39 is 10.9 Å². The van der Waals surface area contributed by atoms with Crippen LogP contribution >= 0.6 is 15.9 Å². The van der Waals surface area contributed by atoms with Gasteiger partial charge in [-0.25, -0.2) is 0 Å². The van der Waals surface area contributed by atoms with Crippen molar-refractivity contribution >= 4 is 27.6 Å². The summed E-state index contributed by atoms with van der Waals surface area (Å²) in [5.41, 5.74) is 0.928. The molecule has 0 spiro atoms. The number of nitro groups is 1. The molecule has 1 N–H and O–H groups in total. The number of non-ortho nitro benzene ring substituents is 1. The Hall–Kier alpha value is -1.47. The number of nitrogens with zero attached hydrogens (tertiary/aromatic N) is 2. The molecule has 0 aromatic heterocycles. The Balaban J connectivity index is 2.83. The van der Waals surface area contributed by atoms with Gasteiger partial charge in [0, 0.05) is 35.7 Å². The second-order valence-electron chi connectivity index (χ2n) is 4.74. The smallest absolute Gasteiger partial charge is 0.304 e. The van der Waals surface area contributed by atoms with Crippen LogP contribution in [0.3, 0.4) is 0 Å². The number of nitro benzene ring substituents is 1. The standard InChI is InChI=1S/C13H17BrN2O4/c1-9(2)15(6-5-13(17)18)8-10-3-4-11(16(19)20)7-12(10)14/h3-4,7,9H,5-6,8H2,1-2H3,(H,17,18). The van der Waals surface area contributed by atoms with Crippen LogP contribution in [0.5, 0.6) is 0 Å². The molecule has 0 amide bonds. The Bertz CT molecular complexity index is 505. The number of halogens is 1. The SMILES string of the molecule is CC(C)N(CCC(=O)O)Cc1ccc([N+](=O)[O-])cc1Br. The zero-order chi connectivity index (χ0) is 15.3. The highest BCUT2D eigenvalue weighted by molar-refractivity contribution is 9.10. The minimum absolute atomic E-state index is 0.0299. The Morgan fingerprint density at radius 3 is 2.60 bits per heavy atom. The summed E-state index contributed by atoms with van der Waals surface area (Å²) in [6.45, 7) is 4.96. The average molecular weight is 345 g/mol. The van der Waals surface area contributed by atoms with Crippen molar-refractivity contribution in [2.24, 2.45) is 0 Å². The van der Waals surface area contributed by atoms with Crippen LogP contribution in [0.4, 0.5) is 5.69 Å². The summed E-state index contributed by atoms with van der Waals surface area (Å²) in [7, 11) is 0. The van der Waals surface area contributed by atoms with Gasteiger partial charge in [0.25, 0.3) is 5.69 Å². The van der Waals surface area contributed by atoms with Crippen molar-refractivity contribution in [1.29, 1.82) is 0 Å². The molecule has 0 saturated carbocycles. The maximum atomic E-state index is 10.7. The number of rotatable bonds is 7. The first-order chi connectivity index (χ1) is 9.31. The number of hydrogen-bond donors (Lipinski definition) is 1. The fourth-order valence-electron chi connectivity index (χ4n) is 1.76. The van der Waals surface area contributed by atoms with E-state index in [-0.39, 0.29) is 18.2 Å². The molecule has 0 saturated heterocycles. The van der Waals surface area contributed by atoms with Crippen LogP contribution < -0.4 is 0 Å². The van der Waals surface area contributed by atoms with Crippen LogP contribution in [0.15, 0.2) is 22.7 Å². The minimum atomic E-state index is -0.835. The van der Waals surface area contributed by atoms with E-state index in [1.807, 2.05) is 18.7 Å². The topological polar surface area (TPSA) is 83.7 Å². The highest BCUT2D eigenvalue weighted by atomic mass is 79.9. The second kappa shape index (κ2) is 7.35. The van der Waals surface area contributed by atoms with Gasteiger partial charge in [-0.15, -0.1) is 0 Å². The third-order valence-electron chi connectivity index (χ3n) is 2.96. The van der Waals surface area contributed by atoms with Gasteiger partial charge >= 0.3 is 5.97 Å². The number of hydrogen-bond acceptors (Lipinski definition) is 4. The van der Waals surface area contributed by atoms with Crippen LogP contribution in [0.2, 0.25) is 0 Å². The lowest BCUT2D eigenvalue weighted by atomic mass is 10.1. The normalized spacial score (nSPS) is 11.1. The summed E-state index contributed by atoms with van der Waals surface area (Å²) < 4.78 is 0.660. The lowest BCUT2D eigenvalue weighted by Gasteiger charge is -2.26. The van der Waals surface area contributed by atoms with E-state index in [0.29, 0.717) is 17.6 Å². The van der Waals surface area contributed by atoms with Crippen molar-refractivity contribution in [3.63, 3.8) is 0 Å². The van der Waals surface area contributed by atoms with Crippen LogP contribution in [0.25, 0.3) is 0 Å². The van der Waals surface area contributed by atoms with Gasteiger partial charge in [-0.05, 0) is 25.5 Å². The molecule has 0 radical (unpaired) electrons. The fourth-order valence-corrected chi connectivity index (χ4v) is 2.25. The van der Waals surface area contributed by atoms with Crippen molar-refractivity contribution in [3.05, 3.63) is 38.3 Å². The number of carboxylic acid groups (broad SMARTS) is 1. The van der Waals surface area contributed by atoms with Gasteiger partial charge in [0.1, 0.15) is 0 Å². The van der Waals surface area contributed by atoms with Gasteiger partial charge in [0.2, 0.25) is 0 Å². The second-order valence-corrected chi connectivity index (χ2v) is 5.60. The van der Waals surface area contributed by atoms with E-state index in [0.717, 1.165) is 5.56 Å². The van der Waals surface area contributed by atoms with Crippen LogP contribution in [0, 0.1) is 10.1 Å². The molecule has 0 fully saturated rings. The van der Waals surface area contributed by atoms with Gasteiger partial charge in [-0.2, -0.15) is 0 Å². The zero-order valence-electron chi connectivity index (χ0n) is 11.4. The molecule has 20 heavy (non-hydrogen) atoms. The summed E-state index contributed by atoms with van der Waals surface area (Å²) in [4.78, 5) is 22.9. The van der Waals surface area contributed by atoms with Crippen molar-refractivity contribution in [2.75, 3.05) is 6.54 Å². The Morgan fingerprint density at radius 2 is 2.15 bits per heavy atom. The third kappa shape index (κ3) is 4.90. The number of aliphatic carboxylic acids is 1. The van der Waals surface area contributed by atoms with E-state index in [1.54, 1.807) is 6.07 Å². The van der Waals surface area contributed by atoms with Gasteiger partial charge in [0.05, 0.1) is 11.3 Å². The molecule has 0 aliphatic carbocycles.